The summed E-state index contributed by atoms with van der Waals surface area (Å²) in [5.41, 5.74) is 0.761. The molecule has 0 heterocycles. The van der Waals surface area contributed by atoms with Crippen LogP contribution in [-0.2, 0) is 4.79 Å². The van der Waals surface area contributed by atoms with Crippen molar-refractivity contribution in [3.8, 4) is 5.75 Å². The minimum atomic E-state index is -0.831. The maximum absolute atomic E-state index is 11.2. The van der Waals surface area contributed by atoms with Gasteiger partial charge in [0, 0.05) is 11.8 Å². The number of nitrogens with one attached hydrogen (secondary N) is 1. The fourth-order valence-corrected chi connectivity index (χ4v) is 1.58. The van der Waals surface area contributed by atoms with Crippen molar-refractivity contribution in [2.45, 2.75) is 26.3 Å². The molecule has 1 aromatic carbocycles. The molecular weight excluding hydrogens is 218 g/mol. The number of carbonyl (C=O) groups is 1. The highest BCUT2D eigenvalue weighted by atomic mass is 16.5. The first-order chi connectivity index (χ1) is 8.08. The first kappa shape index (κ1) is 13.4. The van der Waals surface area contributed by atoms with Crippen molar-refractivity contribution in [1.29, 1.82) is 0 Å². The Morgan fingerprint density at radius 1 is 1.53 bits per heavy atom. The summed E-state index contributed by atoms with van der Waals surface area (Å²) >= 11 is 0. The third-order valence-electron chi connectivity index (χ3n) is 2.87. The predicted molar refractivity (Wildman–Crippen MR) is 67.5 cm³/mol. The molecular formula is C13H19NO3. The number of methoxy groups -OCH3 is 1. The molecule has 0 aliphatic rings. The zero-order valence-corrected chi connectivity index (χ0v) is 10.4. The van der Waals surface area contributed by atoms with E-state index >= 15 is 0 Å². The van der Waals surface area contributed by atoms with Crippen molar-refractivity contribution in [3.05, 3.63) is 24.3 Å². The second-order valence-electron chi connectivity index (χ2n) is 4.08. The van der Waals surface area contributed by atoms with E-state index in [1.807, 2.05) is 32.0 Å². The van der Waals surface area contributed by atoms with Gasteiger partial charge in [-0.3, -0.25) is 0 Å². The highest BCUT2D eigenvalue weighted by Gasteiger charge is 2.23. The van der Waals surface area contributed by atoms with Crippen LogP contribution in [0, 0.1) is 5.92 Å². The molecule has 0 saturated carbocycles. The van der Waals surface area contributed by atoms with Gasteiger partial charge in [-0.25, -0.2) is 4.79 Å². The SMILES string of the molecule is CCC(C)C(Nc1cccc(OC)c1)C(=O)O. The molecule has 0 saturated heterocycles. The Kier molecular flexibility index (Phi) is 4.82. The molecule has 0 bridgehead atoms. The summed E-state index contributed by atoms with van der Waals surface area (Å²) < 4.78 is 5.10. The van der Waals surface area contributed by atoms with E-state index in [4.69, 9.17) is 9.84 Å². The topological polar surface area (TPSA) is 58.6 Å². The van der Waals surface area contributed by atoms with E-state index in [1.165, 1.54) is 0 Å². The lowest BCUT2D eigenvalue weighted by molar-refractivity contribution is -0.139. The summed E-state index contributed by atoms with van der Waals surface area (Å²) in [6.45, 7) is 3.90. The van der Waals surface area contributed by atoms with Crippen molar-refractivity contribution >= 4 is 11.7 Å². The number of aliphatic carboxylic acids is 1. The first-order valence-electron chi connectivity index (χ1n) is 5.71. The number of ether oxygens (including phenoxy) is 1. The molecule has 2 unspecified atom stereocenters. The Bertz CT molecular complexity index is 379. The standard InChI is InChI=1S/C13H19NO3/c1-4-9(2)12(13(15)16)14-10-6-5-7-11(8-10)17-3/h5-9,12,14H,4H2,1-3H3,(H,15,16). The lowest BCUT2D eigenvalue weighted by Gasteiger charge is -2.21. The van der Waals surface area contributed by atoms with Gasteiger partial charge < -0.3 is 15.2 Å². The summed E-state index contributed by atoms with van der Waals surface area (Å²) in [5.74, 6) is -0.0517. The quantitative estimate of drug-likeness (QED) is 0.798. The average Bonchev–Trinajstić information content (AvgIpc) is 2.35. The number of anilines is 1. The first-order valence-corrected chi connectivity index (χ1v) is 5.71. The molecule has 1 aromatic rings. The zero-order chi connectivity index (χ0) is 12.8. The van der Waals surface area contributed by atoms with Gasteiger partial charge in [0.05, 0.1) is 7.11 Å². The molecule has 0 fully saturated rings. The maximum Gasteiger partial charge on any atom is 0.326 e. The van der Waals surface area contributed by atoms with Gasteiger partial charge in [0.25, 0.3) is 0 Å². The summed E-state index contributed by atoms with van der Waals surface area (Å²) in [6.07, 6.45) is 0.813. The van der Waals surface area contributed by atoms with E-state index in [0.29, 0.717) is 5.75 Å². The largest absolute Gasteiger partial charge is 0.497 e. The number of carboxylic acids is 1. The summed E-state index contributed by atoms with van der Waals surface area (Å²) in [5, 5.41) is 12.2. The third-order valence-corrected chi connectivity index (χ3v) is 2.87. The van der Waals surface area contributed by atoms with E-state index in [2.05, 4.69) is 5.32 Å². The van der Waals surface area contributed by atoms with Crippen LogP contribution in [0.3, 0.4) is 0 Å². The number of hydrogen-bond donors (Lipinski definition) is 2. The monoisotopic (exact) mass is 237 g/mol. The van der Waals surface area contributed by atoms with Gasteiger partial charge in [0.1, 0.15) is 11.8 Å². The minimum Gasteiger partial charge on any atom is -0.497 e. The molecule has 0 radical (unpaired) electrons. The highest BCUT2D eigenvalue weighted by molar-refractivity contribution is 5.77. The number of benzene rings is 1. The number of hydrogen-bond acceptors (Lipinski definition) is 3. The van der Waals surface area contributed by atoms with Crippen molar-refractivity contribution in [2.24, 2.45) is 5.92 Å². The van der Waals surface area contributed by atoms with Crippen molar-refractivity contribution in [2.75, 3.05) is 12.4 Å². The Morgan fingerprint density at radius 3 is 2.76 bits per heavy atom. The third kappa shape index (κ3) is 3.66. The molecule has 0 aliphatic heterocycles. The average molecular weight is 237 g/mol. The zero-order valence-electron chi connectivity index (χ0n) is 10.4. The maximum atomic E-state index is 11.2. The lowest BCUT2D eigenvalue weighted by Crippen LogP contribution is -2.35. The Balaban J connectivity index is 2.82. The van der Waals surface area contributed by atoms with Crippen molar-refractivity contribution in [1.82, 2.24) is 0 Å². The van der Waals surface area contributed by atoms with Gasteiger partial charge in [0.15, 0.2) is 0 Å². The van der Waals surface area contributed by atoms with Crippen molar-refractivity contribution < 1.29 is 14.6 Å². The molecule has 1 rings (SSSR count). The molecule has 0 amide bonds. The van der Waals surface area contributed by atoms with E-state index in [-0.39, 0.29) is 5.92 Å². The summed E-state index contributed by atoms with van der Waals surface area (Å²) in [4.78, 5) is 11.2. The van der Waals surface area contributed by atoms with Crippen LogP contribution in [0.1, 0.15) is 20.3 Å². The fraction of sp³-hybridized carbons (Fsp3) is 0.462. The Hall–Kier alpha value is -1.71. The normalized spacial score (nSPS) is 13.8. The number of carboxylic acid groups (broad SMARTS) is 1. The van der Waals surface area contributed by atoms with Gasteiger partial charge in [-0.05, 0) is 18.1 Å². The van der Waals surface area contributed by atoms with Gasteiger partial charge in [-0.1, -0.05) is 26.3 Å². The van der Waals surface area contributed by atoms with E-state index < -0.39 is 12.0 Å². The van der Waals surface area contributed by atoms with Gasteiger partial charge in [-0.15, -0.1) is 0 Å². The molecule has 2 atom stereocenters. The highest BCUT2D eigenvalue weighted by Crippen LogP contribution is 2.20. The van der Waals surface area contributed by atoms with Crippen LogP contribution in [0.15, 0.2) is 24.3 Å². The van der Waals surface area contributed by atoms with Crippen LogP contribution >= 0.6 is 0 Å². The van der Waals surface area contributed by atoms with E-state index in [0.717, 1.165) is 12.1 Å². The summed E-state index contributed by atoms with van der Waals surface area (Å²) in [6, 6.07) is 6.70. The molecule has 0 aliphatic carbocycles. The number of rotatable bonds is 6. The van der Waals surface area contributed by atoms with E-state index in [1.54, 1.807) is 13.2 Å². The molecule has 94 valence electrons. The summed E-state index contributed by atoms with van der Waals surface area (Å²) in [7, 11) is 1.59. The van der Waals surface area contributed by atoms with E-state index in [9.17, 15) is 4.79 Å². The smallest absolute Gasteiger partial charge is 0.326 e. The molecule has 4 heteroatoms. The molecule has 0 aromatic heterocycles. The molecule has 17 heavy (non-hydrogen) atoms. The van der Waals surface area contributed by atoms with Crippen molar-refractivity contribution in [3.63, 3.8) is 0 Å². The Morgan fingerprint density at radius 2 is 2.24 bits per heavy atom. The molecule has 0 spiro atoms. The molecule has 4 nitrogen and oxygen atoms in total. The van der Waals surface area contributed by atoms with Crippen LogP contribution in [0.2, 0.25) is 0 Å². The van der Waals surface area contributed by atoms with Crippen LogP contribution in [0.5, 0.6) is 5.75 Å². The Labute approximate surface area is 102 Å². The van der Waals surface area contributed by atoms with Crippen LogP contribution in [-0.4, -0.2) is 24.2 Å². The van der Waals surface area contributed by atoms with Gasteiger partial charge >= 0.3 is 5.97 Å². The second kappa shape index (κ2) is 6.13. The van der Waals surface area contributed by atoms with Crippen LogP contribution in [0.4, 0.5) is 5.69 Å². The lowest BCUT2D eigenvalue weighted by atomic mass is 9.99. The van der Waals surface area contributed by atoms with Gasteiger partial charge in [0.2, 0.25) is 0 Å². The molecule has 2 N–H and O–H groups in total. The fourth-order valence-electron chi connectivity index (χ4n) is 1.58. The van der Waals surface area contributed by atoms with Crippen LogP contribution < -0.4 is 10.1 Å². The predicted octanol–water partition coefficient (Wildman–Crippen LogP) is 2.61. The van der Waals surface area contributed by atoms with Gasteiger partial charge in [-0.2, -0.15) is 0 Å². The second-order valence-corrected chi connectivity index (χ2v) is 4.08. The van der Waals surface area contributed by atoms with Crippen LogP contribution in [0.25, 0.3) is 0 Å². The minimum absolute atomic E-state index is 0.0682.